The first kappa shape index (κ1) is 32.6. The molecule has 0 spiro atoms. The molecule has 2 unspecified atom stereocenters. The maximum atomic E-state index is 11.7. The van der Waals surface area contributed by atoms with E-state index in [0.717, 1.165) is 27.8 Å². The average molecular weight is 675 g/mol. The molecule has 0 radical (unpaired) electrons. The largest absolute Gasteiger partial charge is 0.748 e. The Morgan fingerprint density at radius 1 is 0.681 bits per heavy atom. The first-order valence-corrected chi connectivity index (χ1v) is 18.4. The standard InChI is InChI=1S/C35H36N2O8S2/c1-2-25(21-34-36(17-19-46(38,39)40)30-23-28(13-15-32(30)44-34)26-9-5-3-6-10-26)22-35-37(18-20-47(41,42)43)31-24-29(14-16-33(31)45-35)27-11-7-4-8-12-27/h3-16,21,23-24,34-35H,2,17-20,22H2,1H3,(H,38,39,40)(H,41,42,43)/p-2/b25-21+. The van der Waals surface area contributed by atoms with Crippen molar-refractivity contribution in [1.82, 2.24) is 0 Å². The van der Waals surface area contributed by atoms with Crippen LogP contribution in [-0.4, -0.2) is 63.0 Å². The number of fused-ring (bicyclic) bond motifs is 2. The minimum Gasteiger partial charge on any atom is -0.748 e. The van der Waals surface area contributed by atoms with Crippen LogP contribution in [0.1, 0.15) is 19.8 Å². The number of rotatable bonds is 12. The van der Waals surface area contributed by atoms with Gasteiger partial charge in [-0.1, -0.05) is 85.3 Å². The van der Waals surface area contributed by atoms with Gasteiger partial charge in [-0.15, -0.1) is 0 Å². The first-order valence-electron chi connectivity index (χ1n) is 15.3. The van der Waals surface area contributed by atoms with E-state index in [1.165, 1.54) is 0 Å². The van der Waals surface area contributed by atoms with E-state index >= 15 is 0 Å². The number of hydrogen-bond acceptors (Lipinski definition) is 10. The fraction of sp³-hybridized carbons (Fsp3) is 0.257. The van der Waals surface area contributed by atoms with Gasteiger partial charge in [-0.3, -0.25) is 0 Å². The summed E-state index contributed by atoms with van der Waals surface area (Å²) in [5, 5.41) is 0. The van der Waals surface area contributed by atoms with Crippen LogP contribution in [0.4, 0.5) is 11.4 Å². The van der Waals surface area contributed by atoms with Crippen molar-refractivity contribution in [3.05, 3.63) is 109 Å². The Morgan fingerprint density at radius 3 is 1.68 bits per heavy atom. The zero-order valence-corrected chi connectivity index (χ0v) is 27.3. The Balaban J connectivity index is 1.29. The molecule has 0 aromatic heterocycles. The molecule has 47 heavy (non-hydrogen) atoms. The van der Waals surface area contributed by atoms with Gasteiger partial charge in [-0.2, -0.15) is 0 Å². The Labute approximate surface area is 275 Å². The maximum Gasteiger partial charge on any atom is 0.192 e. The van der Waals surface area contributed by atoms with Crippen LogP contribution in [0.2, 0.25) is 0 Å². The molecule has 10 nitrogen and oxygen atoms in total. The SMILES string of the molecule is CC/C(=C\C1Oc2ccc(-c3ccccc3)cc2N1CCS(=O)(=O)[O-])CC1Oc2ccc(-c3ccccc3)cc2N1CCS(=O)(=O)[O-]. The highest BCUT2D eigenvalue weighted by atomic mass is 32.2. The lowest BCUT2D eigenvalue weighted by molar-refractivity contribution is 0.222. The van der Waals surface area contributed by atoms with Crippen molar-refractivity contribution in [3.63, 3.8) is 0 Å². The summed E-state index contributed by atoms with van der Waals surface area (Å²) in [6, 6.07) is 30.9. The molecule has 2 atom stereocenters. The average Bonchev–Trinajstić information content (AvgIpc) is 3.58. The van der Waals surface area contributed by atoms with Gasteiger partial charge in [-0.05, 0) is 59.0 Å². The quantitative estimate of drug-likeness (QED) is 0.138. The third-order valence-corrected chi connectivity index (χ3v) is 9.72. The molecule has 6 rings (SSSR count). The number of anilines is 2. The summed E-state index contributed by atoms with van der Waals surface area (Å²) in [6.45, 7) is 1.84. The molecule has 2 aliphatic heterocycles. The van der Waals surface area contributed by atoms with Gasteiger partial charge in [0.25, 0.3) is 0 Å². The van der Waals surface area contributed by atoms with Crippen LogP contribution in [-0.2, 0) is 20.2 Å². The Bertz CT molecular complexity index is 1980. The highest BCUT2D eigenvalue weighted by Crippen LogP contribution is 2.43. The van der Waals surface area contributed by atoms with E-state index in [0.29, 0.717) is 35.7 Å². The van der Waals surface area contributed by atoms with Crippen molar-refractivity contribution in [2.75, 3.05) is 34.4 Å². The van der Waals surface area contributed by atoms with E-state index in [-0.39, 0.29) is 13.1 Å². The zero-order valence-electron chi connectivity index (χ0n) is 25.7. The molecule has 246 valence electrons. The Kier molecular flexibility index (Phi) is 9.29. The highest BCUT2D eigenvalue weighted by molar-refractivity contribution is 7.85. The van der Waals surface area contributed by atoms with Gasteiger partial charge in [0.15, 0.2) is 12.5 Å². The zero-order chi connectivity index (χ0) is 33.2. The van der Waals surface area contributed by atoms with Gasteiger partial charge < -0.3 is 28.4 Å². The van der Waals surface area contributed by atoms with Crippen LogP contribution in [0.5, 0.6) is 11.5 Å². The van der Waals surface area contributed by atoms with Crippen LogP contribution < -0.4 is 19.3 Å². The van der Waals surface area contributed by atoms with Crippen molar-refractivity contribution in [2.24, 2.45) is 0 Å². The molecule has 0 saturated heterocycles. The van der Waals surface area contributed by atoms with Crippen molar-refractivity contribution in [2.45, 2.75) is 32.2 Å². The summed E-state index contributed by atoms with van der Waals surface area (Å²) in [6.07, 6.45) is 1.52. The topological polar surface area (TPSA) is 139 Å². The van der Waals surface area contributed by atoms with Crippen LogP contribution in [0, 0.1) is 0 Å². The lowest BCUT2D eigenvalue weighted by Gasteiger charge is -2.28. The number of nitrogens with zero attached hydrogens (tertiary/aromatic N) is 2. The molecular formula is C35H34N2O8S2-2. The van der Waals surface area contributed by atoms with Crippen molar-refractivity contribution >= 4 is 31.6 Å². The molecule has 0 N–H and O–H groups in total. The predicted molar refractivity (Wildman–Crippen MR) is 179 cm³/mol. The summed E-state index contributed by atoms with van der Waals surface area (Å²) in [7, 11) is -9.00. The fourth-order valence-electron chi connectivity index (χ4n) is 5.96. The number of ether oxygens (including phenoxy) is 2. The van der Waals surface area contributed by atoms with E-state index in [2.05, 4.69) is 0 Å². The monoisotopic (exact) mass is 674 g/mol. The van der Waals surface area contributed by atoms with Crippen LogP contribution in [0.3, 0.4) is 0 Å². The second kappa shape index (κ2) is 13.4. The molecular weight excluding hydrogens is 641 g/mol. The molecule has 2 aliphatic rings. The van der Waals surface area contributed by atoms with Gasteiger partial charge in [-0.25, -0.2) is 16.8 Å². The van der Waals surface area contributed by atoms with E-state index in [1.807, 2.05) is 110 Å². The number of benzene rings is 4. The lowest BCUT2D eigenvalue weighted by Crippen LogP contribution is -2.39. The fourth-order valence-corrected chi connectivity index (χ4v) is 6.80. The summed E-state index contributed by atoms with van der Waals surface area (Å²) < 4.78 is 82.7. The second-order valence-electron chi connectivity index (χ2n) is 11.5. The van der Waals surface area contributed by atoms with E-state index < -0.39 is 44.2 Å². The van der Waals surface area contributed by atoms with Gasteiger partial charge >= 0.3 is 0 Å². The molecule has 4 aromatic rings. The highest BCUT2D eigenvalue weighted by Gasteiger charge is 2.34. The summed E-state index contributed by atoms with van der Waals surface area (Å²) in [5.74, 6) is -0.0482. The Hall–Kier alpha value is -4.36. The van der Waals surface area contributed by atoms with Gasteiger partial charge in [0.1, 0.15) is 11.5 Å². The maximum absolute atomic E-state index is 11.7. The second-order valence-corrected chi connectivity index (χ2v) is 14.5. The van der Waals surface area contributed by atoms with Crippen LogP contribution in [0.25, 0.3) is 22.3 Å². The normalized spacial score (nSPS) is 17.6. The van der Waals surface area contributed by atoms with Gasteiger partial charge in [0, 0.05) is 19.5 Å². The first-order chi connectivity index (χ1) is 22.5. The van der Waals surface area contributed by atoms with Crippen molar-refractivity contribution in [1.29, 1.82) is 0 Å². The lowest BCUT2D eigenvalue weighted by atomic mass is 10.0. The van der Waals surface area contributed by atoms with Crippen molar-refractivity contribution < 1.29 is 35.4 Å². The Morgan fingerprint density at radius 2 is 1.17 bits per heavy atom. The smallest absolute Gasteiger partial charge is 0.192 e. The van der Waals surface area contributed by atoms with Gasteiger partial charge in [0.05, 0.1) is 43.1 Å². The summed E-state index contributed by atoms with van der Waals surface area (Å²) in [4.78, 5) is 3.57. The van der Waals surface area contributed by atoms with E-state index in [1.54, 1.807) is 9.80 Å². The molecule has 4 aromatic carbocycles. The molecule has 12 heteroatoms. The summed E-state index contributed by atoms with van der Waals surface area (Å²) >= 11 is 0. The van der Waals surface area contributed by atoms with E-state index in [4.69, 9.17) is 9.47 Å². The van der Waals surface area contributed by atoms with Crippen LogP contribution >= 0.6 is 0 Å². The molecule has 2 heterocycles. The van der Waals surface area contributed by atoms with Crippen molar-refractivity contribution in [3.8, 4) is 33.8 Å². The molecule has 0 amide bonds. The molecule has 0 bridgehead atoms. The third kappa shape index (κ3) is 7.79. The third-order valence-electron chi connectivity index (χ3n) is 8.35. The minimum atomic E-state index is -4.50. The van der Waals surface area contributed by atoms with Gasteiger partial charge in [0.2, 0.25) is 0 Å². The number of hydrogen-bond donors (Lipinski definition) is 0. The minimum absolute atomic E-state index is 0.0557. The van der Waals surface area contributed by atoms with E-state index in [9.17, 15) is 25.9 Å². The van der Waals surface area contributed by atoms with Crippen LogP contribution in [0.15, 0.2) is 109 Å². The molecule has 0 fully saturated rings. The molecule has 0 aliphatic carbocycles. The summed E-state index contributed by atoms with van der Waals surface area (Å²) in [5.41, 5.74) is 6.07. The predicted octanol–water partition coefficient (Wildman–Crippen LogP) is 5.59. The molecule has 0 saturated carbocycles.